The number of H-pyrrole nitrogens is 1. The number of rotatable bonds is 2. The zero-order valence-electron chi connectivity index (χ0n) is 11.2. The Morgan fingerprint density at radius 1 is 1.10 bits per heavy atom. The van der Waals surface area contributed by atoms with E-state index < -0.39 is 0 Å². The van der Waals surface area contributed by atoms with Crippen LogP contribution in [0.25, 0.3) is 22.2 Å². The van der Waals surface area contributed by atoms with Crippen LogP contribution in [0, 0.1) is 0 Å². The first kappa shape index (κ1) is 11.7. The minimum absolute atomic E-state index is 0.390. The zero-order valence-corrected chi connectivity index (χ0v) is 11.2. The summed E-state index contributed by atoms with van der Waals surface area (Å²) in [7, 11) is 0. The quantitative estimate of drug-likeness (QED) is 0.744. The molecule has 1 aromatic carbocycles. The molecule has 1 fully saturated rings. The Balaban J connectivity index is 1.72. The third kappa shape index (κ3) is 1.91. The molecule has 3 nitrogen and oxygen atoms in total. The highest BCUT2D eigenvalue weighted by molar-refractivity contribution is 5.81. The molecule has 3 aromatic rings. The molecule has 2 aromatic heterocycles. The van der Waals surface area contributed by atoms with E-state index in [4.69, 9.17) is 5.73 Å². The normalized spacial score (nSPS) is 21.9. The molecule has 1 aliphatic carbocycles. The van der Waals surface area contributed by atoms with Gasteiger partial charge in [0, 0.05) is 29.4 Å². The van der Waals surface area contributed by atoms with Gasteiger partial charge in [-0.05, 0) is 42.0 Å². The Bertz CT molecular complexity index is 754. The second kappa shape index (κ2) is 4.46. The lowest BCUT2D eigenvalue weighted by atomic mass is 9.76. The van der Waals surface area contributed by atoms with Crippen molar-refractivity contribution in [3.63, 3.8) is 0 Å². The largest absolute Gasteiger partial charge is 0.346 e. The van der Waals surface area contributed by atoms with Gasteiger partial charge in [0.15, 0.2) is 0 Å². The molecule has 3 heteroatoms. The highest BCUT2D eigenvalue weighted by Gasteiger charge is 2.27. The predicted molar refractivity (Wildman–Crippen MR) is 81.5 cm³/mol. The smallest absolute Gasteiger partial charge is 0.137 e. The number of aromatic amines is 1. The first-order valence-electron chi connectivity index (χ1n) is 7.08. The van der Waals surface area contributed by atoms with E-state index in [1.54, 1.807) is 0 Å². The Hall–Kier alpha value is -2.13. The van der Waals surface area contributed by atoms with Crippen molar-refractivity contribution in [3.8, 4) is 11.1 Å². The summed E-state index contributed by atoms with van der Waals surface area (Å²) in [6.07, 6.45) is 6.08. The van der Waals surface area contributed by atoms with Crippen molar-refractivity contribution in [2.24, 2.45) is 5.73 Å². The maximum absolute atomic E-state index is 5.89. The fourth-order valence-corrected chi connectivity index (χ4v) is 3.00. The fourth-order valence-electron chi connectivity index (χ4n) is 3.00. The van der Waals surface area contributed by atoms with Crippen molar-refractivity contribution in [1.29, 1.82) is 0 Å². The van der Waals surface area contributed by atoms with Gasteiger partial charge in [0.25, 0.3) is 0 Å². The molecule has 0 amide bonds. The van der Waals surface area contributed by atoms with Crippen LogP contribution in [0.1, 0.15) is 24.3 Å². The van der Waals surface area contributed by atoms with Crippen molar-refractivity contribution in [2.45, 2.75) is 24.8 Å². The lowest BCUT2D eigenvalue weighted by Gasteiger charge is -2.33. The van der Waals surface area contributed by atoms with Gasteiger partial charge in [0.05, 0.1) is 0 Å². The number of aromatic nitrogens is 2. The summed E-state index contributed by atoms with van der Waals surface area (Å²) in [6, 6.07) is 13.4. The van der Waals surface area contributed by atoms with E-state index in [1.165, 1.54) is 16.7 Å². The average Bonchev–Trinajstić information content (AvgIpc) is 2.91. The van der Waals surface area contributed by atoms with E-state index in [1.807, 2.05) is 12.4 Å². The topological polar surface area (TPSA) is 54.7 Å². The third-order valence-electron chi connectivity index (χ3n) is 4.27. The van der Waals surface area contributed by atoms with Gasteiger partial charge in [-0.2, -0.15) is 0 Å². The first-order chi connectivity index (χ1) is 9.79. The number of hydrogen-bond acceptors (Lipinski definition) is 2. The standard InChI is InChI=1S/C17H17N3/c18-16-8-14(9-16)11-2-1-3-12(6-11)15-7-13-4-5-19-17(13)20-10-15/h1-7,10,14,16H,8-9,18H2,(H,19,20). The van der Waals surface area contributed by atoms with Crippen LogP contribution in [0.15, 0.2) is 48.8 Å². The van der Waals surface area contributed by atoms with Crippen molar-refractivity contribution in [2.75, 3.05) is 0 Å². The van der Waals surface area contributed by atoms with Crippen LogP contribution in [0.4, 0.5) is 0 Å². The van der Waals surface area contributed by atoms with Crippen LogP contribution in [-0.2, 0) is 0 Å². The molecule has 0 radical (unpaired) electrons. The highest BCUT2D eigenvalue weighted by atomic mass is 14.8. The Morgan fingerprint density at radius 2 is 2.00 bits per heavy atom. The number of nitrogens with zero attached hydrogens (tertiary/aromatic N) is 1. The van der Waals surface area contributed by atoms with Crippen molar-refractivity contribution in [1.82, 2.24) is 9.97 Å². The maximum atomic E-state index is 5.89. The number of hydrogen-bond donors (Lipinski definition) is 2. The summed E-state index contributed by atoms with van der Waals surface area (Å²) < 4.78 is 0. The molecule has 0 saturated heterocycles. The van der Waals surface area contributed by atoms with Crippen molar-refractivity contribution >= 4 is 11.0 Å². The summed E-state index contributed by atoms with van der Waals surface area (Å²) >= 11 is 0. The average molecular weight is 263 g/mol. The summed E-state index contributed by atoms with van der Waals surface area (Å²) in [5.41, 5.74) is 10.6. The summed E-state index contributed by atoms with van der Waals surface area (Å²) in [4.78, 5) is 7.59. The molecule has 2 heterocycles. The van der Waals surface area contributed by atoms with E-state index in [2.05, 4.69) is 46.4 Å². The number of nitrogens with one attached hydrogen (secondary N) is 1. The van der Waals surface area contributed by atoms with Gasteiger partial charge >= 0.3 is 0 Å². The third-order valence-corrected chi connectivity index (χ3v) is 4.27. The van der Waals surface area contributed by atoms with Crippen LogP contribution < -0.4 is 5.73 Å². The Morgan fingerprint density at radius 3 is 2.85 bits per heavy atom. The lowest BCUT2D eigenvalue weighted by Crippen LogP contribution is -2.34. The van der Waals surface area contributed by atoms with Crippen LogP contribution in [-0.4, -0.2) is 16.0 Å². The summed E-state index contributed by atoms with van der Waals surface area (Å²) in [6.45, 7) is 0. The summed E-state index contributed by atoms with van der Waals surface area (Å²) in [5, 5.41) is 1.15. The molecule has 4 rings (SSSR count). The lowest BCUT2D eigenvalue weighted by molar-refractivity contribution is 0.351. The van der Waals surface area contributed by atoms with Gasteiger partial charge in [0.1, 0.15) is 5.65 Å². The molecule has 3 N–H and O–H groups in total. The SMILES string of the molecule is NC1CC(c2cccc(-c3cnc4[nH]ccc4c3)c2)C1. The monoisotopic (exact) mass is 263 g/mol. The molecule has 0 bridgehead atoms. The van der Waals surface area contributed by atoms with Gasteiger partial charge in [-0.3, -0.25) is 0 Å². The van der Waals surface area contributed by atoms with E-state index in [0.29, 0.717) is 12.0 Å². The Kier molecular flexibility index (Phi) is 2.60. The molecule has 0 spiro atoms. The van der Waals surface area contributed by atoms with Gasteiger partial charge in [-0.15, -0.1) is 0 Å². The fraction of sp³-hybridized carbons (Fsp3) is 0.235. The number of benzene rings is 1. The van der Waals surface area contributed by atoms with Gasteiger partial charge in [0.2, 0.25) is 0 Å². The van der Waals surface area contributed by atoms with Crippen molar-refractivity contribution < 1.29 is 0 Å². The highest BCUT2D eigenvalue weighted by Crippen LogP contribution is 2.37. The minimum atomic E-state index is 0.390. The second-order valence-corrected chi connectivity index (χ2v) is 5.69. The van der Waals surface area contributed by atoms with E-state index >= 15 is 0 Å². The number of nitrogens with two attached hydrogens (primary N) is 1. The minimum Gasteiger partial charge on any atom is -0.346 e. The van der Waals surface area contributed by atoms with Crippen LogP contribution in [0.5, 0.6) is 0 Å². The van der Waals surface area contributed by atoms with E-state index in [0.717, 1.165) is 23.9 Å². The number of fused-ring (bicyclic) bond motifs is 1. The molecule has 20 heavy (non-hydrogen) atoms. The van der Waals surface area contributed by atoms with Crippen LogP contribution >= 0.6 is 0 Å². The van der Waals surface area contributed by atoms with Gasteiger partial charge in [-0.1, -0.05) is 24.3 Å². The van der Waals surface area contributed by atoms with Gasteiger partial charge < -0.3 is 10.7 Å². The predicted octanol–water partition coefficient (Wildman–Crippen LogP) is 3.43. The molecule has 0 atom stereocenters. The van der Waals surface area contributed by atoms with E-state index in [9.17, 15) is 0 Å². The maximum Gasteiger partial charge on any atom is 0.137 e. The molecular weight excluding hydrogens is 246 g/mol. The first-order valence-corrected chi connectivity index (χ1v) is 7.08. The molecule has 0 unspecified atom stereocenters. The van der Waals surface area contributed by atoms with E-state index in [-0.39, 0.29) is 0 Å². The second-order valence-electron chi connectivity index (χ2n) is 5.69. The molecular formula is C17H17N3. The zero-order chi connectivity index (χ0) is 13.5. The Labute approximate surface area is 117 Å². The summed E-state index contributed by atoms with van der Waals surface area (Å²) in [5.74, 6) is 0.633. The molecule has 0 aliphatic heterocycles. The molecule has 100 valence electrons. The molecule has 1 saturated carbocycles. The van der Waals surface area contributed by atoms with Crippen LogP contribution in [0.3, 0.4) is 0 Å². The number of pyridine rings is 1. The molecule has 1 aliphatic rings. The van der Waals surface area contributed by atoms with Crippen molar-refractivity contribution in [3.05, 3.63) is 54.4 Å². The van der Waals surface area contributed by atoms with Gasteiger partial charge in [-0.25, -0.2) is 4.98 Å². The van der Waals surface area contributed by atoms with Crippen LogP contribution in [0.2, 0.25) is 0 Å².